The molecule has 0 aliphatic rings. The number of hydrogen-bond donors (Lipinski definition) is 1. The highest BCUT2D eigenvalue weighted by Crippen LogP contribution is 1.99. The Labute approximate surface area is 109 Å². The number of rotatable bonds is 8. The second kappa shape index (κ2) is 7.45. The van der Waals surface area contributed by atoms with Gasteiger partial charge in [-0.2, -0.15) is 0 Å². The Morgan fingerprint density at radius 2 is 2.00 bits per heavy atom. The highest BCUT2D eigenvalue weighted by Gasteiger charge is 2.12. The van der Waals surface area contributed by atoms with Crippen LogP contribution in [-0.2, 0) is 16.6 Å². The molecule has 0 saturated heterocycles. The first kappa shape index (κ1) is 15.1. The summed E-state index contributed by atoms with van der Waals surface area (Å²) >= 11 is 0. The Morgan fingerprint density at radius 1 is 1.33 bits per heavy atom. The lowest BCUT2D eigenvalue weighted by Gasteiger charge is -2.17. The van der Waals surface area contributed by atoms with Crippen LogP contribution in [-0.4, -0.2) is 43.6 Å². The Bertz CT molecular complexity index is 434. The van der Waals surface area contributed by atoms with Crippen molar-refractivity contribution >= 4 is 10.0 Å². The summed E-state index contributed by atoms with van der Waals surface area (Å²) in [6.45, 7) is 4.54. The maximum absolute atomic E-state index is 11.3. The van der Waals surface area contributed by atoms with Gasteiger partial charge in [-0.1, -0.05) is 6.92 Å². The van der Waals surface area contributed by atoms with Crippen LogP contribution in [0.25, 0.3) is 0 Å². The summed E-state index contributed by atoms with van der Waals surface area (Å²) in [6.07, 6.45) is 5.59. The minimum atomic E-state index is -3.06. The lowest BCUT2D eigenvalue weighted by Crippen LogP contribution is -2.32. The predicted molar refractivity (Wildman–Crippen MR) is 72.7 cm³/mol. The van der Waals surface area contributed by atoms with E-state index in [0.29, 0.717) is 13.1 Å². The van der Waals surface area contributed by atoms with Crippen molar-refractivity contribution < 1.29 is 8.42 Å². The van der Waals surface area contributed by atoms with E-state index in [0.717, 1.165) is 19.5 Å². The van der Waals surface area contributed by atoms with E-state index in [4.69, 9.17) is 0 Å². The summed E-state index contributed by atoms with van der Waals surface area (Å²) in [5.41, 5.74) is 1.18. The van der Waals surface area contributed by atoms with E-state index in [9.17, 15) is 8.42 Å². The fraction of sp³-hybridized carbons (Fsp3) is 0.583. The molecule has 0 amide bonds. The maximum atomic E-state index is 11.3. The van der Waals surface area contributed by atoms with Crippen molar-refractivity contribution in [1.82, 2.24) is 14.6 Å². The highest BCUT2D eigenvalue weighted by molar-refractivity contribution is 7.88. The smallest absolute Gasteiger partial charge is 0.211 e. The molecule has 5 nitrogen and oxygen atoms in total. The molecule has 0 aliphatic carbocycles. The molecule has 1 rings (SSSR count). The summed E-state index contributed by atoms with van der Waals surface area (Å²) < 4.78 is 24.2. The van der Waals surface area contributed by atoms with Gasteiger partial charge in [-0.15, -0.1) is 0 Å². The van der Waals surface area contributed by atoms with E-state index in [-0.39, 0.29) is 0 Å². The molecule has 102 valence electrons. The molecule has 0 aliphatic heterocycles. The molecule has 1 aromatic heterocycles. The zero-order chi connectivity index (χ0) is 13.4. The molecule has 0 saturated carbocycles. The molecule has 0 unspecified atom stereocenters. The molecule has 0 aromatic carbocycles. The number of aromatic nitrogens is 1. The SMILES string of the molecule is CCN(CCCNCc1ccncc1)S(C)(=O)=O. The Hall–Kier alpha value is -0.980. The molecule has 0 spiro atoms. The molecule has 1 N–H and O–H groups in total. The van der Waals surface area contributed by atoms with Crippen molar-refractivity contribution in [1.29, 1.82) is 0 Å². The van der Waals surface area contributed by atoms with Crippen LogP contribution in [0.15, 0.2) is 24.5 Å². The van der Waals surface area contributed by atoms with Gasteiger partial charge in [-0.05, 0) is 30.7 Å². The van der Waals surface area contributed by atoms with E-state index >= 15 is 0 Å². The van der Waals surface area contributed by atoms with Gasteiger partial charge < -0.3 is 5.32 Å². The first-order valence-corrected chi connectivity index (χ1v) is 7.93. The van der Waals surface area contributed by atoms with Crippen molar-refractivity contribution in [3.63, 3.8) is 0 Å². The van der Waals surface area contributed by atoms with Crippen LogP contribution in [0.2, 0.25) is 0 Å². The fourth-order valence-corrected chi connectivity index (χ4v) is 2.60. The molecule has 0 atom stereocenters. The van der Waals surface area contributed by atoms with Crippen molar-refractivity contribution in [3.8, 4) is 0 Å². The maximum Gasteiger partial charge on any atom is 0.211 e. The summed E-state index contributed by atoms with van der Waals surface area (Å²) in [6, 6.07) is 3.92. The average molecular weight is 271 g/mol. The summed E-state index contributed by atoms with van der Waals surface area (Å²) in [5.74, 6) is 0. The number of nitrogens with zero attached hydrogens (tertiary/aromatic N) is 2. The predicted octanol–water partition coefficient (Wildman–Crippen LogP) is 0.843. The van der Waals surface area contributed by atoms with Crippen molar-refractivity contribution in [2.75, 3.05) is 25.9 Å². The van der Waals surface area contributed by atoms with Gasteiger partial charge in [0.2, 0.25) is 10.0 Å². The first-order valence-electron chi connectivity index (χ1n) is 6.08. The van der Waals surface area contributed by atoms with Crippen LogP contribution in [0.1, 0.15) is 18.9 Å². The molecule has 0 fully saturated rings. The van der Waals surface area contributed by atoms with Gasteiger partial charge in [0.15, 0.2) is 0 Å². The molecule has 0 bridgehead atoms. The van der Waals surface area contributed by atoms with Crippen LogP contribution in [0.5, 0.6) is 0 Å². The summed E-state index contributed by atoms with van der Waals surface area (Å²) in [7, 11) is -3.06. The zero-order valence-corrected chi connectivity index (χ0v) is 11.8. The standard InChI is InChI=1S/C12H21N3O2S/c1-3-15(18(2,16)17)10-4-7-14-11-12-5-8-13-9-6-12/h5-6,8-9,14H,3-4,7,10-11H2,1-2H3. The fourth-order valence-electron chi connectivity index (χ4n) is 1.67. The van der Waals surface area contributed by atoms with Gasteiger partial charge >= 0.3 is 0 Å². The van der Waals surface area contributed by atoms with Crippen molar-refractivity contribution in [3.05, 3.63) is 30.1 Å². The Morgan fingerprint density at radius 3 is 2.56 bits per heavy atom. The van der Waals surface area contributed by atoms with Crippen molar-refractivity contribution in [2.45, 2.75) is 19.9 Å². The summed E-state index contributed by atoms with van der Waals surface area (Å²) in [4.78, 5) is 3.95. The highest BCUT2D eigenvalue weighted by atomic mass is 32.2. The van der Waals surface area contributed by atoms with Gasteiger partial charge in [0, 0.05) is 32.0 Å². The number of hydrogen-bond acceptors (Lipinski definition) is 4. The molecular formula is C12H21N3O2S. The lowest BCUT2D eigenvalue weighted by molar-refractivity contribution is 0.419. The number of sulfonamides is 1. The van der Waals surface area contributed by atoms with Crippen LogP contribution in [0.4, 0.5) is 0 Å². The second-order valence-corrected chi connectivity index (χ2v) is 6.12. The van der Waals surface area contributed by atoms with E-state index in [1.54, 1.807) is 12.4 Å². The third-order valence-corrected chi connectivity index (χ3v) is 4.04. The molecule has 6 heteroatoms. The summed E-state index contributed by atoms with van der Waals surface area (Å²) in [5, 5.41) is 3.28. The average Bonchev–Trinajstić information content (AvgIpc) is 2.33. The van der Waals surface area contributed by atoms with Crippen LogP contribution >= 0.6 is 0 Å². The minimum Gasteiger partial charge on any atom is -0.313 e. The molecule has 18 heavy (non-hydrogen) atoms. The third-order valence-electron chi connectivity index (χ3n) is 2.66. The normalized spacial score (nSPS) is 11.9. The van der Waals surface area contributed by atoms with Crippen molar-refractivity contribution in [2.24, 2.45) is 0 Å². The molecule has 1 aromatic rings. The lowest BCUT2D eigenvalue weighted by atomic mass is 10.2. The van der Waals surface area contributed by atoms with E-state index in [1.807, 2.05) is 19.1 Å². The van der Waals surface area contributed by atoms with E-state index in [1.165, 1.54) is 16.1 Å². The molecular weight excluding hydrogens is 250 g/mol. The van der Waals surface area contributed by atoms with Gasteiger partial charge in [0.1, 0.15) is 0 Å². The zero-order valence-electron chi connectivity index (χ0n) is 11.0. The number of pyridine rings is 1. The topological polar surface area (TPSA) is 62.3 Å². The Balaban J connectivity index is 2.19. The second-order valence-electron chi connectivity index (χ2n) is 4.14. The van der Waals surface area contributed by atoms with Gasteiger partial charge in [-0.25, -0.2) is 12.7 Å². The van der Waals surface area contributed by atoms with Crippen LogP contribution in [0.3, 0.4) is 0 Å². The number of nitrogens with one attached hydrogen (secondary N) is 1. The van der Waals surface area contributed by atoms with Gasteiger partial charge in [-0.3, -0.25) is 4.98 Å². The van der Waals surface area contributed by atoms with Gasteiger partial charge in [0.05, 0.1) is 6.26 Å². The third kappa shape index (κ3) is 5.57. The largest absolute Gasteiger partial charge is 0.313 e. The van der Waals surface area contributed by atoms with E-state index < -0.39 is 10.0 Å². The monoisotopic (exact) mass is 271 g/mol. The van der Waals surface area contributed by atoms with Gasteiger partial charge in [0.25, 0.3) is 0 Å². The Kier molecular flexibility index (Phi) is 6.24. The van der Waals surface area contributed by atoms with Crippen LogP contribution < -0.4 is 5.32 Å². The van der Waals surface area contributed by atoms with E-state index in [2.05, 4.69) is 10.3 Å². The van der Waals surface area contributed by atoms with Crippen LogP contribution in [0, 0.1) is 0 Å². The quantitative estimate of drug-likeness (QED) is 0.712. The molecule has 1 heterocycles. The minimum absolute atomic E-state index is 0.531. The first-order chi connectivity index (χ1) is 8.54. The molecule has 0 radical (unpaired) electrons.